The molecule has 2 aliphatic rings. The molecule has 0 saturated carbocycles. The van der Waals surface area contributed by atoms with Crippen molar-refractivity contribution in [2.75, 3.05) is 33.3 Å². The normalized spacial score (nSPS) is 18.5. The third-order valence-corrected chi connectivity index (χ3v) is 7.11. The number of carbonyl (C=O) groups excluding carboxylic acids is 1. The summed E-state index contributed by atoms with van der Waals surface area (Å²) in [5.74, 6) is 2.00. The lowest BCUT2D eigenvalue weighted by Gasteiger charge is -2.41. The number of methoxy groups -OCH3 is 1. The Hall–Kier alpha value is -2.12. The molecule has 2 aliphatic heterocycles. The van der Waals surface area contributed by atoms with E-state index in [0.717, 1.165) is 73.4 Å². The van der Waals surface area contributed by atoms with E-state index in [1.807, 2.05) is 35.2 Å². The molecule has 6 nitrogen and oxygen atoms in total. The number of benzene rings is 1. The Labute approximate surface area is 199 Å². The fourth-order valence-corrected chi connectivity index (χ4v) is 5.20. The van der Waals surface area contributed by atoms with Gasteiger partial charge in [-0.2, -0.15) is 0 Å². The predicted molar refractivity (Wildman–Crippen MR) is 128 cm³/mol. The Morgan fingerprint density at radius 2 is 1.78 bits per heavy atom. The molecule has 1 aromatic carbocycles. The molecule has 1 amide bonds. The third kappa shape index (κ3) is 6.01. The number of hydrogen-bond acceptors (Lipinski definition) is 5. The number of amides is 1. The van der Waals surface area contributed by atoms with Gasteiger partial charge in [0.05, 0.1) is 7.11 Å². The van der Waals surface area contributed by atoms with E-state index in [-0.39, 0.29) is 12.0 Å². The van der Waals surface area contributed by atoms with Gasteiger partial charge in [-0.1, -0.05) is 15.9 Å². The number of aromatic nitrogens is 1. The van der Waals surface area contributed by atoms with Crippen molar-refractivity contribution in [1.82, 2.24) is 14.8 Å². The van der Waals surface area contributed by atoms with Crippen molar-refractivity contribution >= 4 is 21.8 Å². The summed E-state index contributed by atoms with van der Waals surface area (Å²) >= 11 is 3.51. The molecule has 7 heteroatoms. The number of rotatable bonds is 7. The lowest BCUT2D eigenvalue weighted by Crippen LogP contribution is -2.50. The molecule has 0 aliphatic carbocycles. The topological polar surface area (TPSA) is 54.9 Å². The van der Waals surface area contributed by atoms with E-state index < -0.39 is 0 Å². The monoisotopic (exact) mass is 501 g/mol. The highest BCUT2D eigenvalue weighted by Gasteiger charge is 2.30. The average molecular weight is 502 g/mol. The largest absolute Gasteiger partial charge is 0.496 e. The first-order valence-electron chi connectivity index (χ1n) is 11.5. The minimum Gasteiger partial charge on any atom is -0.496 e. The molecule has 4 rings (SSSR count). The zero-order chi connectivity index (χ0) is 22.3. The van der Waals surface area contributed by atoms with Gasteiger partial charge in [0.15, 0.2) is 0 Å². The van der Waals surface area contributed by atoms with Gasteiger partial charge in [0, 0.05) is 55.5 Å². The Morgan fingerprint density at radius 3 is 2.47 bits per heavy atom. The van der Waals surface area contributed by atoms with Crippen LogP contribution in [0.1, 0.15) is 37.7 Å². The molecule has 1 aromatic heterocycles. The van der Waals surface area contributed by atoms with Crippen LogP contribution in [0.25, 0.3) is 0 Å². The number of pyridine rings is 1. The fraction of sp³-hybridized carbons (Fsp3) is 0.520. The number of piperidine rings is 2. The Balaban J connectivity index is 1.19. The van der Waals surface area contributed by atoms with Gasteiger partial charge in [0.25, 0.3) is 0 Å². The van der Waals surface area contributed by atoms with E-state index in [0.29, 0.717) is 18.9 Å². The zero-order valence-electron chi connectivity index (χ0n) is 18.7. The van der Waals surface area contributed by atoms with Gasteiger partial charge in [0.2, 0.25) is 5.91 Å². The van der Waals surface area contributed by atoms with E-state index in [9.17, 15) is 4.79 Å². The molecule has 0 radical (unpaired) electrons. The van der Waals surface area contributed by atoms with Gasteiger partial charge in [-0.25, -0.2) is 0 Å². The smallest absolute Gasteiger partial charge is 0.222 e. The first-order valence-corrected chi connectivity index (χ1v) is 12.3. The maximum atomic E-state index is 12.8. The van der Waals surface area contributed by atoms with Crippen LogP contribution >= 0.6 is 15.9 Å². The molecule has 0 atom stereocenters. The van der Waals surface area contributed by atoms with Crippen molar-refractivity contribution in [3.05, 3.63) is 52.8 Å². The molecule has 32 heavy (non-hydrogen) atoms. The number of hydrogen-bond donors (Lipinski definition) is 0. The van der Waals surface area contributed by atoms with E-state index in [2.05, 4.69) is 25.8 Å². The van der Waals surface area contributed by atoms with Crippen molar-refractivity contribution in [3.8, 4) is 11.5 Å². The van der Waals surface area contributed by atoms with Crippen LogP contribution in [0.3, 0.4) is 0 Å². The second-order valence-corrected chi connectivity index (χ2v) is 9.52. The van der Waals surface area contributed by atoms with Gasteiger partial charge in [-0.05, 0) is 68.0 Å². The minimum atomic E-state index is 0.245. The van der Waals surface area contributed by atoms with Crippen molar-refractivity contribution in [3.63, 3.8) is 0 Å². The molecule has 172 valence electrons. The highest BCUT2D eigenvalue weighted by atomic mass is 79.9. The van der Waals surface area contributed by atoms with E-state index >= 15 is 0 Å². The average Bonchev–Trinajstić information content (AvgIpc) is 2.84. The maximum absolute atomic E-state index is 12.8. The Morgan fingerprint density at radius 1 is 1.06 bits per heavy atom. The van der Waals surface area contributed by atoms with Gasteiger partial charge in [-0.15, -0.1) is 0 Å². The van der Waals surface area contributed by atoms with Crippen LogP contribution in [0.15, 0.2) is 47.2 Å². The van der Waals surface area contributed by atoms with Crippen LogP contribution in [-0.2, 0) is 11.2 Å². The Kier molecular flexibility index (Phi) is 8.03. The van der Waals surface area contributed by atoms with Gasteiger partial charge in [-0.3, -0.25) is 14.7 Å². The Bertz CT molecular complexity index is 879. The second kappa shape index (κ2) is 11.1. The predicted octanol–water partition coefficient (Wildman–Crippen LogP) is 4.32. The van der Waals surface area contributed by atoms with Crippen LogP contribution in [0, 0.1) is 0 Å². The highest BCUT2D eigenvalue weighted by Crippen LogP contribution is 2.26. The summed E-state index contributed by atoms with van der Waals surface area (Å²) in [5, 5.41) is 0. The zero-order valence-corrected chi connectivity index (χ0v) is 20.3. The van der Waals surface area contributed by atoms with Gasteiger partial charge < -0.3 is 14.4 Å². The number of nitrogens with zero attached hydrogens (tertiary/aromatic N) is 3. The lowest BCUT2D eigenvalue weighted by atomic mass is 9.98. The van der Waals surface area contributed by atoms with Gasteiger partial charge >= 0.3 is 0 Å². The van der Waals surface area contributed by atoms with Gasteiger partial charge in [0.1, 0.15) is 17.6 Å². The first kappa shape index (κ1) is 23.1. The molecule has 0 bridgehead atoms. The fourth-order valence-electron chi connectivity index (χ4n) is 4.79. The third-order valence-electron chi connectivity index (χ3n) is 6.61. The van der Waals surface area contributed by atoms with Crippen LogP contribution < -0.4 is 9.47 Å². The number of likely N-dealkylation sites (tertiary alicyclic amines) is 2. The maximum Gasteiger partial charge on any atom is 0.222 e. The summed E-state index contributed by atoms with van der Waals surface area (Å²) in [6.45, 7) is 3.84. The summed E-state index contributed by atoms with van der Waals surface area (Å²) in [6, 6.07) is 10.4. The summed E-state index contributed by atoms with van der Waals surface area (Å²) in [6.07, 6.45) is 9.27. The minimum absolute atomic E-state index is 0.245. The highest BCUT2D eigenvalue weighted by molar-refractivity contribution is 9.10. The second-order valence-electron chi connectivity index (χ2n) is 8.60. The SMILES string of the molecule is COc1ccc(Br)cc1CCC(=O)N1CCC(N2CCC(Oc3ccncc3)CC2)CC1. The van der Waals surface area contributed by atoms with Crippen molar-refractivity contribution in [1.29, 1.82) is 0 Å². The number of carbonyl (C=O) groups is 1. The first-order chi connectivity index (χ1) is 15.6. The number of ether oxygens (including phenoxy) is 2. The molecule has 2 aromatic rings. The van der Waals surface area contributed by atoms with E-state index in [1.54, 1.807) is 19.5 Å². The molecule has 2 saturated heterocycles. The standard InChI is InChI=1S/C25H32BrN3O3/c1-31-24-4-3-20(26)18-19(24)2-5-25(30)29-14-8-21(9-15-29)28-16-10-23(11-17-28)32-22-6-12-27-13-7-22/h3-4,6-7,12-13,18,21,23H,2,5,8-11,14-17H2,1H3. The number of halogens is 1. The lowest BCUT2D eigenvalue weighted by molar-refractivity contribution is -0.132. The molecule has 0 spiro atoms. The van der Waals surface area contributed by atoms with Crippen LogP contribution in [0.4, 0.5) is 0 Å². The summed E-state index contributed by atoms with van der Waals surface area (Å²) < 4.78 is 12.5. The number of aryl methyl sites for hydroxylation is 1. The van der Waals surface area contributed by atoms with E-state index in [1.165, 1.54) is 0 Å². The molecule has 0 N–H and O–H groups in total. The molecule has 2 fully saturated rings. The summed E-state index contributed by atoms with van der Waals surface area (Å²) in [4.78, 5) is 21.5. The summed E-state index contributed by atoms with van der Waals surface area (Å²) in [5.41, 5.74) is 1.07. The quantitative estimate of drug-likeness (QED) is 0.565. The molecular weight excluding hydrogens is 470 g/mol. The van der Waals surface area contributed by atoms with Crippen molar-refractivity contribution in [2.45, 2.75) is 50.7 Å². The van der Waals surface area contributed by atoms with E-state index in [4.69, 9.17) is 9.47 Å². The van der Waals surface area contributed by atoms with Crippen LogP contribution in [0.2, 0.25) is 0 Å². The van der Waals surface area contributed by atoms with Crippen molar-refractivity contribution in [2.24, 2.45) is 0 Å². The molecule has 3 heterocycles. The van der Waals surface area contributed by atoms with Crippen LogP contribution in [-0.4, -0.2) is 66.1 Å². The van der Waals surface area contributed by atoms with Crippen LogP contribution in [0.5, 0.6) is 11.5 Å². The molecular formula is C25H32BrN3O3. The molecule has 0 unspecified atom stereocenters. The van der Waals surface area contributed by atoms with Crippen molar-refractivity contribution < 1.29 is 14.3 Å². The summed E-state index contributed by atoms with van der Waals surface area (Å²) in [7, 11) is 1.67.